The fraction of sp³-hybridized carbons (Fsp3) is 1.00. The number of rotatable bonds is 2. The third kappa shape index (κ3) is 2.12. The van der Waals surface area contributed by atoms with E-state index in [1.54, 1.807) is 0 Å². The highest BCUT2D eigenvalue weighted by Gasteiger charge is 2.57. The third-order valence-electron chi connectivity index (χ3n) is 6.18. The Morgan fingerprint density at radius 2 is 1.72 bits per heavy atom. The van der Waals surface area contributed by atoms with Crippen LogP contribution in [0.3, 0.4) is 0 Å². The highest BCUT2D eigenvalue weighted by Crippen LogP contribution is 2.62. The van der Waals surface area contributed by atoms with E-state index < -0.39 is 5.60 Å². The molecule has 0 aliphatic heterocycles. The van der Waals surface area contributed by atoms with Gasteiger partial charge in [-0.05, 0) is 61.7 Å². The zero-order chi connectivity index (χ0) is 13.6. The van der Waals surface area contributed by atoms with Crippen LogP contribution in [0.1, 0.15) is 66.2 Å². The topological polar surface area (TPSA) is 40.5 Å². The molecule has 4 atom stereocenters. The first-order chi connectivity index (χ1) is 8.24. The molecule has 0 radical (unpaired) electrons. The highest BCUT2D eigenvalue weighted by molar-refractivity contribution is 5.07. The zero-order valence-electron chi connectivity index (χ0n) is 12.5. The molecule has 0 aromatic heterocycles. The molecule has 2 nitrogen and oxygen atoms in total. The Labute approximate surface area is 112 Å². The van der Waals surface area contributed by atoms with Crippen molar-refractivity contribution in [2.24, 2.45) is 22.7 Å². The first-order valence-electron chi connectivity index (χ1n) is 7.57. The van der Waals surface area contributed by atoms with Crippen molar-refractivity contribution < 1.29 is 10.2 Å². The Bertz CT molecular complexity index is 308. The van der Waals surface area contributed by atoms with E-state index in [1.165, 1.54) is 19.3 Å². The van der Waals surface area contributed by atoms with Crippen LogP contribution in [0.2, 0.25) is 0 Å². The van der Waals surface area contributed by atoms with E-state index in [9.17, 15) is 10.2 Å². The summed E-state index contributed by atoms with van der Waals surface area (Å²) in [7, 11) is 0. The van der Waals surface area contributed by atoms with Gasteiger partial charge in [-0.25, -0.2) is 0 Å². The van der Waals surface area contributed by atoms with Crippen LogP contribution in [0.5, 0.6) is 0 Å². The van der Waals surface area contributed by atoms with Crippen LogP contribution >= 0.6 is 0 Å². The van der Waals surface area contributed by atoms with Crippen molar-refractivity contribution >= 4 is 0 Å². The van der Waals surface area contributed by atoms with Gasteiger partial charge in [-0.15, -0.1) is 0 Å². The third-order valence-corrected chi connectivity index (χ3v) is 6.18. The lowest BCUT2D eigenvalue weighted by molar-refractivity contribution is -0.171. The van der Waals surface area contributed by atoms with E-state index in [4.69, 9.17) is 0 Å². The van der Waals surface area contributed by atoms with E-state index in [0.717, 1.165) is 19.3 Å². The Hall–Kier alpha value is -0.0800. The van der Waals surface area contributed by atoms with E-state index in [1.807, 2.05) is 6.92 Å². The number of fused-ring (bicyclic) bond motifs is 1. The minimum absolute atomic E-state index is 0.198. The molecule has 18 heavy (non-hydrogen) atoms. The Morgan fingerprint density at radius 1 is 1.06 bits per heavy atom. The molecule has 0 heterocycles. The maximum absolute atomic E-state index is 10.7. The predicted molar refractivity (Wildman–Crippen MR) is 74.3 cm³/mol. The van der Waals surface area contributed by atoms with E-state index >= 15 is 0 Å². The molecule has 2 rings (SSSR count). The molecule has 2 heteroatoms. The summed E-state index contributed by atoms with van der Waals surface area (Å²) < 4.78 is 0. The van der Waals surface area contributed by atoms with Gasteiger partial charge < -0.3 is 10.2 Å². The molecule has 0 bridgehead atoms. The summed E-state index contributed by atoms with van der Waals surface area (Å²) in [5.74, 6) is 0.934. The fourth-order valence-electron chi connectivity index (χ4n) is 5.39. The lowest BCUT2D eigenvalue weighted by Gasteiger charge is -2.61. The van der Waals surface area contributed by atoms with Crippen molar-refractivity contribution in [2.75, 3.05) is 6.61 Å². The van der Waals surface area contributed by atoms with Gasteiger partial charge in [0.15, 0.2) is 0 Å². The summed E-state index contributed by atoms with van der Waals surface area (Å²) in [5, 5.41) is 20.1. The Morgan fingerprint density at radius 3 is 2.33 bits per heavy atom. The molecule has 2 unspecified atom stereocenters. The second kappa shape index (κ2) is 4.49. The van der Waals surface area contributed by atoms with Crippen molar-refractivity contribution in [3.8, 4) is 0 Å². The van der Waals surface area contributed by atoms with Crippen LogP contribution in [0, 0.1) is 22.7 Å². The summed E-state index contributed by atoms with van der Waals surface area (Å²) in [5.41, 5.74) is -0.00909. The largest absolute Gasteiger partial charge is 0.396 e. The number of aliphatic hydroxyl groups excluding tert-OH is 1. The van der Waals surface area contributed by atoms with Gasteiger partial charge in [0.05, 0.1) is 5.60 Å². The molecule has 0 saturated heterocycles. The second-order valence-electron chi connectivity index (χ2n) is 7.86. The molecule has 0 spiro atoms. The second-order valence-corrected chi connectivity index (χ2v) is 7.86. The summed E-state index contributed by atoms with van der Waals surface area (Å²) in [6.45, 7) is 9.34. The number of hydrogen-bond acceptors (Lipinski definition) is 2. The molecule has 2 fully saturated rings. The van der Waals surface area contributed by atoms with Crippen LogP contribution in [0.4, 0.5) is 0 Å². The fourth-order valence-corrected chi connectivity index (χ4v) is 5.39. The smallest absolute Gasteiger partial charge is 0.0654 e. The maximum Gasteiger partial charge on any atom is 0.0654 e. The first-order valence-corrected chi connectivity index (χ1v) is 7.57. The summed E-state index contributed by atoms with van der Waals surface area (Å²) in [6.07, 6.45) is 6.55. The van der Waals surface area contributed by atoms with Gasteiger partial charge in [0.1, 0.15) is 0 Å². The molecular formula is C16H30O2. The molecule has 2 N–H and O–H groups in total. The van der Waals surface area contributed by atoms with Crippen molar-refractivity contribution in [3.05, 3.63) is 0 Å². The Kier molecular flexibility index (Phi) is 3.57. The first kappa shape index (κ1) is 14.3. The van der Waals surface area contributed by atoms with E-state index in [2.05, 4.69) is 20.8 Å². The molecule has 0 aromatic rings. The normalized spacial score (nSPS) is 47.7. The van der Waals surface area contributed by atoms with Gasteiger partial charge in [-0.2, -0.15) is 0 Å². The van der Waals surface area contributed by atoms with E-state index in [-0.39, 0.29) is 17.9 Å². The summed E-state index contributed by atoms with van der Waals surface area (Å²) in [6, 6.07) is 0. The molecule has 106 valence electrons. The minimum Gasteiger partial charge on any atom is -0.396 e. The monoisotopic (exact) mass is 254 g/mol. The minimum atomic E-state index is -0.596. The van der Waals surface area contributed by atoms with Crippen molar-refractivity contribution in [1.82, 2.24) is 0 Å². The van der Waals surface area contributed by atoms with Crippen LogP contribution in [-0.4, -0.2) is 22.4 Å². The SMILES string of the molecule is CC1(C)CCC[C@]2(C)C1CC[C@](C)(O)C2CCO. The molecule has 2 saturated carbocycles. The average molecular weight is 254 g/mol. The summed E-state index contributed by atoms with van der Waals surface area (Å²) >= 11 is 0. The summed E-state index contributed by atoms with van der Waals surface area (Å²) in [4.78, 5) is 0. The van der Waals surface area contributed by atoms with Gasteiger partial charge in [-0.1, -0.05) is 27.2 Å². The molecule has 0 aromatic carbocycles. The lowest BCUT2D eigenvalue weighted by atomic mass is 9.45. The number of aliphatic hydroxyl groups is 2. The lowest BCUT2D eigenvalue weighted by Crippen LogP contribution is -2.57. The van der Waals surface area contributed by atoms with Gasteiger partial charge in [-0.3, -0.25) is 0 Å². The maximum atomic E-state index is 10.7. The molecule has 2 aliphatic rings. The average Bonchev–Trinajstić information content (AvgIpc) is 2.22. The van der Waals surface area contributed by atoms with Crippen LogP contribution < -0.4 is 0 Å². The molecule has 2 aliphatic carbocycles. The Balaban J connectivity index is 2.35. The van der Waals surface area contributed by atoms with Gasteiger partial charge in [0.2, 0.25) is 0 Å². The zero-order valence-corrected chi connectivity index (χ0v) is 12.5. The van der Waals surface area contributed by atoms with Gasteiger partial charge in [0, 0.05) is 6.61 Å². The van der Waals surface area contributed by atoms with Crippen molar-refractivity contribution in [3.63, 3.8) is 0 Å². The van der Waals surface area contributed by atoms with Gasteiger partial charge >= 0.3 is 0 Å². The molecular weight excluding hydrogens is 224 g/mol. The number of hydrogen-bond donors (Lipinski definition) is 2. The quantitative estimate of drug-likeness (QED) is 0.793. The van der Waals surface area contributed by atoms with E-state index in [0.29, 0.717) is 11.3 Å². The standard InChI is InChI=1S/C16H30O2/c1-14(2)8-5-9-15(3)12(14)6-10-16(4,18)13(15)7-11-17/h12-13,17-18H,5-11H2,1-4H3/t12?,13?,15-,16+/m1/s1. The predicted octanol–water partition coefficient (Wildman–Crippen LogP) is 3.36. The van der Waals surface area contributed by atoms with Crippen LogP contribution in [-0.2, 0) is 0 Å². The van der Waals surface area contributed by atoms with Crippen LogP contribution in [0.25, 0.3) is 0 Å². The van der Waals surface area contributed by atoms with Gasteiger partial charge in [0.25, 0.3) is 0 Å². The van der Waals surface area contributed by atoms with Crippen molar-refractivity contribution in [1.29, 1.82) is 0 Å². The van der Waals surface area contributed by atoms with Crippen LogP contribution in [0.15, 0.2) is 0 Å². The van der Waals surface area contributed by atoms with Crippen molar-refractivity contribution in [2.45, 2.75) is 71.8 Å². The molecule has 0 amide bonds. The highest BCUT2D eigenvalue weighted by atomic mass is 16.3.